The molecule has 1 nitrogen and oxygen atoms in total. The molecule has 0 radical (unpaired) electrons. The summed E-state index contributed by atoms with van der Waals surface area (Å²) in [6.45, 7) is 7.48. The number of nitrogens with zero attached hydrogens (tertiary/aromatic N) is 1. The first-order chi connectivity index (χ1) is 4.16. The Labute approximate surface area is 64.3 Å². The van der Waals surface area contributed by atoms with Crippen molar-refractivity contribution in [1.29, 1.82) is 0 Å². The molecule has 0 amide bonds. The van der Waals surface area contributed by atoms with Crippen LogP contribution in [0.1, 0.15) is 13.8 Å². The molecule has 0 heterocycles. The normalized spacial score (nSPS) is 12.6. The van der Waals surface area contributed by atoms with E-state index in [1.807, 2.05) is 19.9 Å². The van der Waals surface area contributed by atoms with E-state index < -0.39 is 0 Å². The van der Waals surface area contributed by atoms with Gasteiger partial charge in [-0.25, -0.2) is 4.99 Å². The van der Waals surface area contributed by atoms with Gasteiger partial charge >= 0.3 is 0 Å². The molecule has 50 valence electrons. The average Bonchev–Trinajstić information content (AvgIpc) is 1.83. The fourth-order valence-electron chi connectivity index (χ4n) is 0.246. The van der Waals surface area contributed by atoms with E-state index in [0.29, 0.717) is 0 Å². The summed E-state index contributed by atoms with van der Waals surface area (Å²) < 4.78 is 0.838. The fraction of sp³-hybridized carbons (Fsp3) is 0.286. The fourth-order valence-corrected chi connectivity index (χ4v) is 0.349. The molecule has 0 aliphatic carbocycles. The van der Waals surface area contributed by atoms with Crippen LogP contribution >= 0.6 is 15.9 Å². The van der Waals surface area contributed by atoms with Gasteiger partial charge < -0.3 is 0 Å². The van der Waals surface area contributed by atoms with Crippen LogP contribution in [0.25, 0.3) is 0 Å². The minimum absolute atomic E-state index is 0.838. The highest BCUT2D eigenvalue weighted by Crippen LogP contribution is 2.04. The molecule has 0 spiro atoms. The Bertz CT molecular complexity index is 156. The Balaban J connectivity index is 3.86. The Morgan fingerprint density at radius 1 is 1.67 bits per heavy atom. The third kappa shape index (κ3) is 5.50. The molecule has 0 rings (SSSR count). The standard InChI is InChI=1S/C7H10BrN/c1-4-7(8)9-5-6(2)3/h4-5H,2H2,1,3H3/b7-4-,9-5-. The van der Waals surface area contributed by atoms with Gasteiger partial charge in [0.25, 0.3) is 0 Å². The molecule has 0 saturated heterocycles. The van der Waals surface area contributed by atoms with E-state index in [-0.39, 0.29) is 0 Å². The number of aliphatic imine (C=N–C) groups is 1. The maximum absolute atomic E-state index is 4.00. The number of allylic oxidation sites excluding steroid dienone is 2. The smallest absolute Gasteiger partial charge is 0.101 e. The van der Waals surface area contributed by atoms with Crippen LogP contribution in [0, 0.1) is 0 Å². The Morgan fingerprint density at radius 3 is 2.56 bits per heavy atom. The molecule has 0 fully saturated rings. The average molecular weight is 188 g/mol. The van der Waals surface area contributed by atoms with E-state index in [1.165, 1.54) is 0 Å². The van der Waals surface area contributed by atoms with Gasteiger partial charge in [-0.1, -0.05) is 12.7 Å². The first-order valence-electron chi connectivity index (χ1n) is 2.68. The lowest BCUT2D eigenvalue weighted by molar-refractivity contribution is 1.49. The summed E-state index contributed by atoms with van der Waals surface area (Å²) in [5.41, 5.74) is 0.953. The van der Waals surface area contributed by atoms with Crippen LogP contribution in [0.2, 0.25) is 0 Å². The van der Waals surface area contributed by atoms with E-state index >= 15 is 0 Å². The third-order valence-corrected chi connectivity index (χ3v) is 1.31. The molecule has 0 saturated carbocycles. The molecular formula is C7H10BrN. The van der Waals surface area contributed by atoms with Crippen LogP contribution < -0.4 is 0 Å². The van der Waals surface area contributed by atoms with Gasteiger partial charge in [0.15, 0.2) is 0 Å². The molecule has 0 aromatic heterocycles. The van der Waals surface area contributed by atoms with Crippen molar-refractivity contribution in [3.05, 3.63) is 22.8 Å². The number of halogens is 1. The minimum Gasteiger partial charge on any atom is -0.249 e. The van der Waals surface area contributed by atoms with Crippen molar-refractivity contribution < 1.29 is 0 Å². The number of hydrogen-bond acceptors (Lipinski definition) is 1. The van der Waals surface area contributed by atoms with E-state index in [9.17, 15) is 0 Å². The second-order valence-corrected chi connectivity index (χ2v) is 2.53. The molecule has 0 aromatic carbocycles. The van der Waals surface area contributed by atoms with Crippen LogP contribution in [-0.4, -0.2) is 6.21 Å². The summed E-state index contributed by atoms with van der Waals surface area (Å²) in [5, 5.41) is 0. The lowest BCUT2D eigenvalue weighted by Gasteiger charge is -1.85. The van der Waals surface area contributed by atoms with Gasteiger partial charge in [-0.2, -0.15) is 0 Å². The summed E-state index contributed by atoms with van der Waals surface area (Å²) >= 11 is 3.23. The van der Waals surface area contributed by atoms with E-state index in [1.54, 1.807) is 6.21 Å². The first kappa shape index (κ1) is 8.63. The van der Waals surface area contributed by atoms with Gasteiger partial charge in [-0.05, 0) is 35.4 Å². The molecule has 2 heteroatoms. The van der Waals surface area contributed by atoms with Crippen molar-refractivity contribution in [2.24, 2.45) is 4.99 Å². The topological polar surface area (TPSA) is 12.4 Å². The Morgan fingerprint density at radius 2 is 2.22 bits per heavy atom. The summed E-state index contributed by atoms with van der Waals surface area (Å²) in [4.78, 5) is 4.00. The van der Waals surface area contributed by atoms with Gasteiger partial charge in [0.05, 0.1) is 0 Å². The zero-order chi connectivity index (χ0) is 7.28. The summed E-state index contributed by atoms with van der Waals surface area (Å²) in [7, 11) is 0. The van der Waals surface area contributed by atoms with Crippen LogP contribution in [-0.2, 0) is 0 Å². The van der Waals surface area contributed by atoms with Crippen molar-refractivity contribution >= 4 is 22.1 Å². The van der Waals surface area contributed by atoms with Crippen LogP contribution in [0.3, 0.4) is 0 Å². The van der Waals surface area contributed by atoms with Gasteiger partial charge in [0.1, 0.15) is 4.61 Å². The first-order valence-corrected chi connectivity index (χ1v) is 3.47. The molecule has 0 bridgehead atoms. The molecule has 0 N–H and O–H groups in total. The molecule has 0 unspecified atom stereocenters. The summed E-state index contributed by atoms with van der Waals surface area (Å²) in [6, 6.07) is 0. The summed E-state index contributed by atoms with van der Waals surface area (Å²) in [6.07, 6.45) is 3.59. The highest BCUT2D eigenvalue weighted by molar-refractivity contribution is 9.11. The number of rotatable bonds is 2. The van der Waals surface area contributed by atoms with Crippen LogP contribution in [0.15, 0.2) is 27.8 Å². The van der Waals surface area contributed by atoms with E-state index in [0.717, 1.165) is 10.2 Å². The van der Waals surface area contributed by atoms with Crippen LogP contribution in [0.5, 0.6) is 0 Å². The van der Waals surface area contributed by atoms with E-state index in [2.05, 4.69) is 27.5 Å². The molecule has 9 heavy (non-hydrogen) atoms. The molecule has 0 aliphatic rings. The van der Waals surface area contributed by atoms with Crippen molar-refractivity contribution in [1.82, 2.24) is 0 Å². The maximum Gasteiger partial charge on any atom is 0.101 e. The maximum atomic E-state index is 4.00. The van der Waals surface area contributed by atoms with Crippen molar-refractivity contribution in [3.63, 3.8) is 0 Å². The van der Waals surface area contributed by atoms with Gasteiger partial charge in [0.2, 0.25) is 0 Å². The predicted octanol–water partition coefficient (Wildman–Crippen LogP) is 2.89. The second kappa shape index (κ2) is 4.50. The van der Waals surface area contributed by atoms with Crippen molar-refractivity contribution in [2.75, 3.05) is 0 Å². The zero-order valence-corrected chi connectivity index (χ0v) is 7.27. The highest BCUT2D eigenvalue weighted by atomic mass is 79.9. The monoisotopic (exact) mass is 187 g/mol. The van der Waals surface area contributed by atoms with Gasteiger partial charge in [-0.15, -0.1) is 0 Å². The largest absolute Gasteiger partial charge is 0.249 e. The van der Waals surface area contributed by atoms with Crippen LogP contribution in [0.4, 0.5) is 0 Å². The predicted molar refractivity (Wildman–Crippen MR) is 46.0 cm³/mol. The zero-order valence-electron chi connectivity index (χ0n) is 5.69. The van der Waals surface area contributed by atoms with Gasteiger partial charge in [-0.3, -0.25) is 0 Å². The van der Waals surface area contributed by atoms with Crippen molar-refractivity contribution in [2.45, 2.75) is 13.8 Å². The minimum atomic E-state index is 0.838. The Kier molecular flexibility index (Phi) is 4.32. The highest BCUT2D eigenvalue weighted by Gasteiger charge is 1.78. The summed E-state index contributed by atoms with van der Waals surface area (Å²) in [5.74, 6) is 0. The molecule has 0 atom stereocenters. The second-order valence-electron chi connectivity index (χ2n) is 1.72. The van der Waals surface area contributed by atoms with Gasteiger partial charge in [0, 0.05) is 6.21 Å². The lowest BCUT2D eigenvalue weighted by Crippen LogP contribution is -1.72. The van der Waals surface area contributed by atoms with Crippen molar-refractivity contribution in [3.8, 4) is 0 Å². The SMILES string of the molecule is C=C(C)/C=N\C(Br)=C/C. The third-order valence-electron chi connectivity index (χ3n) is 0.646. The Hall–Kier alpha value is -0.370. The molecular weight excluding hydrogens is 178 g/mol. The molecule has 0 aromatic rings. The van der Waals surface area contributed by atoms with E-state index in [4.69, 9.17) is 0 Å². The quantitative estimate of drug-likeness (QED) is 0.466. The number of hydrogen-bond donors (Lipinski definition) is 0. The lowest BCUT2D eigenvalue weighted by atomic mass is 10.4. The molecule has 0 aliphatic heterocycles.